The van der Waals surface area contributed by atoms with E-state index in [1.165, 1.54) is 5.56 Å². The van der Waals surface area contributed by atoms with Gasteiger partial charge in [0.25, 0.3) is 0 Å². The highest BCUT2D eigenvalue weighted by molar-refractivity contribution is 5.67. The highest BCUT2D eigenvalue weighted by Gasteiger charge is 2.15. The molecule has 160 valence electrons. The molecule has 0 atom stereocenters. The summed E-state index contributed by atoms with van der Waals surface area (Å²) in [4.78, 5) is 11.4. The minimum atomic E-state index is -0.496. The molecule has 0 spiro atoms. The number of benzene rings is 1. The van der Waals surface area contributed by atoms with Crippen LogP contribution in [-0.4, -0.2) is 58.4 Å². The van der Waals surface area contributed by atoms with E-state index in [1.54, 1.807) is 7.11 Å². The van der Waals surface area contributed by atoms with Gasteiger partial charge in [-0.05, 0) is 50.5 Å². The van der Waals surface area contributed by atoms with Gasteiger partial charge in [0.05, 0.1) is 33.0 Å². The van der Waals surface area contributed by atoms with Crippen molar-refractivity contribution in [2.75, 3.05) is 46.7 Å². The molecule has 0 heterocycles. The lowest BCUT2D eigenvalue weighted by Gasteiger charge is -2.19. The van der Waals surface area contributed by atoms with Crippen LogP contribution in [0.15, 0.2) is 18.2 Å². The lowest BCUT2D eigenvalue weighted by atomic mass is 10.1. The van der Waals surface area contributed by atoms with Crippen LogP contribution in [0.25, 0.3) is 0 Å². The van der Waals surface area contributed by atoms with Crippen molar-refractivity contribution < 1.29 is 28.5 Å². The number of hydrogen-bond acceptors (Lipinski definition) is 6. The normalized spacial score (nSPS) is 11.3. The van der Waals surface area contributed by atoms with Crippen molar-refractivity contribution >= 4 is 6.09 Å². The Kier molecular flexibility index (Phi) is 11.6. The molecule has 0 saturated heterocycles. The van der Waals surface area contributed by atoms with Gasteiger partial charge in [0, 0.05) is 13.7 Å². The summed E-state index contributed by atoms with van der Waals surface area (Å²) >= 11 is 0. The first kappa shape index (κ1) is 24.2. The number of amides is 1. The van der Waals surface area contributed by atoms with Gasteiger partial charge in [-0.1, -0.05) is 13.0 Å². The van der Waals surface area contributed by atoms with E-state index in [2.05, 4.69) is 18.3 Å². The van der Waals surface area contributed by atoms with Gasteiger partial charge in [0.2, 0.25) is 0 Å². The number of hydrogen-bond donors (Lipinski definition) is 1. The first-order valence-corrected chi connectivity index (χ1v) is 9.71. The van der Waals surface area contributed by atoms with E-state index >= 15 is 0 Å². The molecular weight excluding hydrogens is 362 g/mol. The van der Waals surface area contributed by atoms with Gasteiger partial charge >= 0.3 is 6.09 Å². The van der Waals surface area contributed by atoms with Crippen LogP contribution in [-0.2, 0) is 32.0 Å². The van der Waals surface area contributed by atoms with E-state index in [9.17, 15) is 4.79 Å². The molecule has 0 aromatic heterocycles. The number of carbonyl (C=O) groups is 1. The van der Waals surface area contributed by atoms with Crippen LogP contribution in [0.5, 0.6) is 5.75 Å². The Morgan fingerprint density at radius 3 is 2.25 bits per heavy atom. The Labute approximate surface area is 168 Å². The average Bonchev–Trinajstić information content (AvgIpc) is 2.61. The standard InChI is InChI=1S/C21H35NO6/c1-6-17-13-18(16-24-5)15-19(14-17)27-12-11-26-10-9-25-8-7-22-20(23)28-21(2,3)4/h13-15H,6-12,16H2,1-5H3,(H,22,23). The maximum Gasteiger partial charge on any atom is 0.407 e. The van der Waals surface area contributed by atoms with E-state index in [1.807, 2.05) is 32.9 Å². The Balaban J connectivity index is 2.06. The minimum Gasteiger partial charge on any atom is -0.491 e. The number of aryl methyl sites for hydroxylation is 1. The number of alkyl carbamates (subject to hydrolysis) is 1. The number of ether oxygens (including phenoxy) is 5. The summed E-state index contributed by atoms with van der Waals surface area (Å²) < 4.78 is 27.0. The monoisotopic (exact) mass is 397 g/mol. The van der Waals surface area contributed by atoms with Crippen molar-refractivity contribution in [2.45, 2.75) is 46.3 Å². The lowest BCUT2D eigenvalue weighted by molar-refractivity contribution is 0.0327. The predicted octanol–water partition coefficient (Wildman–Crippen LogP) is 3.33. The molecule has 28 heavy (non-hydrogen) atoms. The Morgan fingerprint density at radius 1 is 0.964 bits per heavy atom. The van der Waals surface area contributed by atoms with E-state index in [4.69, 9.17) is 23.7 Å². The quantitative estimate of drug-likeness (QED) is 0.515. The van der Waals surface area contributed by atoms with Crippen molar-refractivity contribution in [3.05, 3.63) is 29.3 Å². The first-order chi connectivity index (χ1) is 13.3. The largest absolute Gasteiger partial charge is 0.491 e. The number of rotatable bonds is 13. The second kappa shape index (κ2) is 13.4. The van der Waals surface area contributed by atoms with Gasteiger partial charge < -0.3 is 29.0 Å². The summed E-state index contributed by atoms with van der Waals surface area (Å²) in [7, 11) is 1.68. The van der Waals surface area contributed by atoms with Gasteiger partial charge in [-0.2, -0.15) is 0 Å². The number of carbonyl (C=O) groups excluding carboxylic acids is 1. The molecule has 0 radical (unpaired) electrons. The molecule has 1 rings (SSSR count). The molecule has 7 heteroatoms. The molecule has 1 aromatic rings. The molecule has 1 amide bonds. The fourth-order valence-electron chi connectivity index (χ4n) is 2.35. The molecule has 0 aliphatic heterocycles. The van der Waals surface area contributed by atoms with E-state index in [0.717, 1.165) is 17.7 Å². The smallest absolute Gasteiger partial charge is 0.407 e. The maximum absolute atomic E-state index is 11.4. The highest BCUT2D eigenvalue weighted by Crippen LogP contribution is 2.18. The van der Waals surface area contributed by atoms with Crippen molar-refractivity contribution in [1.82, 2.24) is 5.32 Å². The van der Waals surface area contributed by atoms with Gasteiger partial charge in [-0.15, -0.1) is 0 Å². The van der Waals surface area contributed by atoms with E-state index in [0.29, 0.717) is 46.2 Å². The van der Waals surface area contributed by atoms with Crippen molar-refractivity contribution in [1.29, 1.82) is 0 Å². The molecule has 0 fully saturated rings. The van der Waals surface area contributed by atoms with Crippen LogP contribution in [0, 0.1) is 0 Å². The zero-order valence-corrected chi connectivity index (χ0v) is 17.8. The van der Waals surface area contributed by atoms with Gasteiger partial charge in [0.15, 0.2) is 0 Å². The van der Waals surface area contributed by atoms with Crippen molar-refractivity contribution in [3.8, 4) is 5.75 Å². The summed E-state index contributed by atoms with van der Waals surface area (Å²) in [6, 6.07) is 6.16. The third-order valence-corrected chi connectivity index (χ3v) is 3.53. The number of nitrogens with one attached hydrogen (secondary N) is 1. The van der Waals surface area contributed by atoms with Crippen molar-refractivity contribution in [2.24, 2.45) is 0 Å². The zero-order chi connectivity index (χ0) is 20.8. The lowest BCUT2D eigenvalue weighted by Crippen LogP contribution is -2.34. The van der Waals surface area contributed by atoms with Crippen LogP contribution in [0.4, 0.5) is 4.79 Å². The predicted molar refractivity (Wildman–Crippen MR) is 108 cm³/mol. The molecule has 0 bridgehead atoms. The van der Waals surface area contributed by atoms with Crippen molar-refractivity contribution in [3.63, 3.8) is 0 Å². The third kappa shape index (κ3) is 11.8. The fraction of sp³-hybridized carbons (Fsp3) is 0.667. The molecule has 0 saturated carbocycles. The third-order valence-electron chi connectivity index (χ3n) is 3.53. The maximum atomic E-state index is 11.4. The Hall–Kier alpha value is -1.83. The molecule has 0 aliphatic rings. The van der Waals surface area contributed by atoms with Crippen LogP contribution in [0.2, 0.25) is 0 Å². The van der Waals surface area contributed by atoms with Crippen LogP contribution < -0.4 is 10.1 Å². The second-order valence-electron chi connectivity index (χ2n) is 7.27. The molecule has 0 unspecified atom stereocenters. The van der Waals surface area contributed by atoms with E-state index < -0.39 is 11.7 Å². The first-order valence-electron chi connectivity index (χ1n) is 9.71. The summed E-state index contributed by atoms with van der Waals surface area (Å²) in [5, 5.41) is 2.64. The van der Waals surface area contributed by atoms with E-state index in [-0.39, 0.29) is 0 Å². The summed E-state index contributed by atoms with van der Waals surface area (Å²) in [6.45, 7) is 10.8. The molecule has 7 nitrogen and oxygen atoms in total. The van der Waals surface area contributed by atoms with Gasteiger partial charge in [-0.3, -0.25) is 0 Å². The summed E-state index contributed by atoms with van der Waals surface area (Å²) in [6.07, 6.45) is 0.509. The summed E-state index contributed by atoms with van der Waals surface area (Å²) in [5.41, 5.74) is 1.83. The summed E-state index contributed by atoms with van der Waals surface area (Å²) in [5.74, 6) is 0.833. The van der Waals surface area contributed by atoms with Crippen LogP contribution in [0.3, 0.4) is 0 Å². The fourth-order valence-corrected chi connectivity index (χ4v) is 2.35. The average molecular weight is 398 g/mol. The molecule has 0 aliphatic carbocycles. The Morgan fingerprint density at radius 2 is 1.61 bits per heavy atom. The SMILES string of the molecule is CCc1cc(COC)cc(OCCOCCOCCNC(=O)OC(C)(C)C)c1. The molecule has 1 aromatic carbocycles. The topological polar surface area (TPSA) is 75.3 Å². The van der Waals surface area contributed by atoms with Gasteiger partial charge in [-0.25, -0.2) is 4.79 Å². The highest BCUT2D eigenvalue weighted by atomic mass is 16.6. The van der Waals surface area contributed by atoms with Crippen LogP contribution in [0.1, 0.15) is 38.8 Å². The Bertz CT molecular complexity index is 571. The molecular formula is C21H35NO6. The van der Waals surface area contributed by atoms with Gasteiger partial charge in [0.1, 0.15) is 18.0 Å². The molecule has 1 N–H and O–H groups in total. The van der Waals surface area contributed by atoms with Crippen LogP contribution >= 0.6 is 0 Å². The zero-order valence-electron chi connectivity index (χ0n) is 17.8. The second-order valence-corrected chi connectivity index (χ2v) is 7.27. The number of methoxy groups -OCH3 is 1. The minimum absolute atomic E-state index is 0.398.